The second kappa shape index (κ2) is 8.97. The summed E-state index contributed by atoms with van der Waals surface area (Å²) in [6, 6.07) is 15.5. The third kappa shape index (κ3) is 3.82. The van der Waals surface area contributed by atoms with E-state index in [1.807, 2.05) is 12.1 Å². The molecule has 1 saturated carbocycles. The van der Waals surface area contributed by atoms with E-state index < -0.39 is 46.4 Å². The van der Waals surface area contributed by atoms with Gasteiger partial charge < -0.3 is 29.3 Å². The molecule has 2 unspecified atom stereocenters. The number of hydrogen-bond donors (Lipinski definition) is 3. The number of ketones is 1. The van der Waals surface area contributed by atoms with Crippen molar-refractivity contribution in [2.45, 2.75) is 18.0 Å². The van der Waals surface area contributed by atoms with Gasteiger partial charge in [0.2, 0.25) is 5.78 Å². The number of anilines is 1. The summed E-state index contributed by atoms with van der Waals surface area (Å²) in [7, 11) is 0.974. The number of methoxy groups -OCH3 is 1. The molecule has 1 spiro atoms. The Labute approximate surface area is 250 Å². The van der Waals surface area contributed by atoms with Gasteiger partial charge in [-0.05, 0) is 48.7 Å². The SMILES string of the molecule is COC(=O)c1c(C(F)(F)F)[nH]c2c1C13CC1CN(C(=O)c1cc4cc(NC(=O)c5cc6ccccc6o5)ccc4[nH]1)C3=CC2=O. The van der Waals surface area contributed by atoms with Crippen LogP contribution in [0.25, 0.3) is 21.9 Å². The number of alkyl halides is 3. The first-order valence-corrected chi connectivity index (χ1v) is 13.9. The van der Waals surface area contributed by atoms with Crippen molar-refractivity contribution in [3.8, 4) is 0 Å². The standard InChI is InChI=1S/C32H21F3N4O6/c1-44-30(43)24-25-26(38-27(24)32(33,34)35)20(40)11-23-31(25)12-16(31)13-39(23)29(42)19-9-15-8-17(6-7-18(15)37-19)36-28(41)22-10-14-4-2-3-5-21(14)45-22/h2-11,16,37-38H,12-13H2,1H3,(H,36,41). The highest BCUT2D eigenvalue weighted by molar-refractivity contribution is 6.12. The minimum atomic E-state index is -4.94. The number of furan rings is 1. The first-order chi connectivity index (χ1) is 21.5. The number of halogens is 3. The first kappa shape index (κ1) is 27.0. The molecule has 2 fully saturated rings. The number of carbonyl (C=O) groups is 4. The van der Waals surface area contributed by atoms with Crippen molar-refractivity contribution in [3.05, 3.63) is 100 Å². The van der Waals surface area contributed by atoms with E-state index in [2.05, 4.69) is 20.0 Å². The van der Waals surface area contributed by atoms with E-state index in [0.717, 1.165) is 12.5 Å². The van der Waals surface area contributed by atoms with Crippen molar-refractivity contribution < 1.29 is 41.5 Å². The molecule has 45 heavy (non-hydrogen) atoms. The van der Waals surface area contributed by atoms with Gasteiger partial charge in [-0.25, -0.2) is 4.79 Å². The smallest absolute Gasteiger partial charge is 0.432 e. The number of para-hydroxylation sites is 1. The lowest BCUT2D eigenvalue weighted by atomic mass is 9.82. The monoisotopic (exact) mass is 614 g/mol. The number of H-pyrrole nitrogens is 2. The zero-order valence-electron chi connectivity index (χ0n) is 23.3. The number of benzene rings is 2. The van der Waals surface area contributed by atoms with Crippen LogP contribution in [0.2, 0.25) is 0 Å². The molecule has 8 rings (SSSR count). The van der Waals surface area contributed by atoms with E-state index in [1.54, 1.807) is 42.5 Å². The van der Waals surface area contributed by atoms with Gasteiger partial charge in [0, 0.05) is 51.3 Å². The lowest BCUT2D eigenvalue weighted by Gasteiger charge is -2.28. The predicted octanol–water partition coefficient (Wildman–Crippen LogP) is 5.79. The number of hydrogen-bond acceptors (Lipinski definition) is 6. The topological polar surface area (TPSA) is 138 Å². The molecule has 2 atom stereocenters. The third-order valence-electron chi connectivity index (χ3n) is 8.89. The molecular weight excluding hydrogens is 593 g/mol. The number of esters is 1. The van der Waals surface area contributed by atoms with Gasteiger partial charge in [0.25, 0.3) is 11.8 Å². The molecule has 2 aliphatic carbocycles. The Morgan fingerprint density at radius 3 is 2.62 bits per heavy atom. The minimum Gasteiger partial charge on any atom is -0.465 e. The maximum atomic E-state index is 13.9. The quantitative estimate of drug-likeness (QED) is 0.219. The van der Waals surface area contributed by atoms with Crippen LogP contribution in [0.5, 0.6) is 0 Å². The molecule has 2 amide bonds. The predicted molar refractivity (Wildman–Crippen MR) is 153 cm³/mol. The normalized spacial score (nSPS) is 20.1. The van der Waals surface area contributed by atoms with Crippen molar-refractivity contribution in [1.82, 2.24) is 14.9 Å². The zero-order valence-corrected chi connectivity index (χ0v) is 23.3. The number of aromatic nitrogens is 2. The fraction of sp³-hybridized carbons (Fsp3) is 0.188. The van der Waals surface area contributed by atoms with Gasteiger partial charge in [-0.1, -0.05) is 18.2 Å². The van der Waals surface area contributed by atoms with Gasteiger partial charge in [0.15, 0.2) is 5.76 Å². The van der Waals surface area contributed by atoms with Gasteiger partial charge in [-0.3, -0.25) is 14.4 Å². The molecule has 5 aromatic rings. The van der Waals surface area contributed by atoms with Crippen molar-refractivity contribution in [2.24, 2.45) is 5.92 Å². The van der Waals surface area contributed by atoms with Gasteiger partial charge in [0.05, 0.1) is 18.4 Å². The summed E-state index contributed by atoms with van der Waals surface area (Å²) < 4.78 is 52.1. The number of amides is 2. The highest BCUT2D eigenvalue weighted by atomic mass is 19.4. The van der Waals surface area contributed by atoms with Crippen LogP contribution in [0.15, 0.2) is 70.8 Å². The molecule has 13 heteroatoms. The average molecular weight is 615 g/mol. The number of likely N-dealkylation sites (tertiary alicyclic amines) is 1. The van der Waals surface area contributed by atoms with Gasteiger partial charge >= 0.3 is 12.1 Å². The summed E-state index contributed by atoms with van der Waals surface area (Å²) in [5.74, 6) is -3.06. The van der Waals surface area contributed by atoms with Crippen LogP contribution in [0.4, 0.5) is 18.9 Å². The number of ether oxygens (including phenoxy) is 1. The molecule has 3 N–H and O–H groups in total. The van der Waals surface area contributed by atoms with E-state index >= 15 is 0 Å². The molecule has 4 heterocycles. The largest absolute Gasteiger partial charge is 0.465 e. The number of rotatable bonds is 4. The Morgan fingerprint density at radius 2 is 1.87 bits per heavy atom. The van der Waals surface area contributed by atoms with E-state index in [4.69, 9.17) is 4.42 Å². The van der Waals surface area contributed by atoms with Crippen LogP contribution < -0.4 is 5.32 Å². The molecule has 2 aromatic carbocycles. The zero-order chi connectivity index (χ0) is 31.4. The molecule has 1 aliphatic heterocycles. The summed E-state index contributed by atoms with van der Waals surface area (Å²) in [6.45, 7) is 0.151. The summed E-state index contributed by atoms with van der Waals surface area (Å²) in [5.41, 5.74) is -1.46. The highest BCUT2D eigenvalue weighted by Gasteiger charge is 2.69. The van der Waals surface area contributed by atoms with Crippen LogP contribution in [-0.4, -0.2) is 52.1 Å². The number of carbonyl (C=O) groups excluding carboxylic acids is 4. The van der Waals surface area contributed by atoms with Gasteiger partial charge in [-0.2, -0.15) is 13.2 Å². The number of aromatic amines is 2. The molecule has 0 radical (unpaired) electrons. The van der Waals surface area contributed by atoms with Crippen LogP contribution in [0, 0.1) is 5.92 Å². The third-order valence-corrected chi connectivity index (χ3v) is 8.89. The lowest BCUT2D eigenvalue weighted by Crippen LogP contribution is -2.34. The number of nitrogens with zero attached hydrogens (tertiary/aromatic N) is 1. The molecule has 1 saturated heterocycles. The summed E-state index contributed by atoms with van der Waals surface area (Å²) in [5, 5.41) is 4.19. The molecular formula is C32H21F3N4O6. The van der Waals surface area contributed by atoms with Crippen molar-refractivity contribution in [2.75, 3.05) is 19.0 Å². The number of allylic oxidation sites excluding steroid dienone is 2. The summed E-state index contributed by atoms with van der Waals surface area (Å²) >= 11 is 0. The Kier molecular flexibility index (Phi) is 5.38. The van der Waals surface area contributed by atoms with E-state index in [-0.39, 0.29) is 40.9 Å². The summed E-state index contributed by atoms with van der Waals surface area (Å²) in [4.78, 5) is 58.9. The Balaban J connectivity index is 1.09. The molecule has 226 valence electrons. The second-order valence-corrected chi connectivity index (χ2v) is 11.4. The van der Waals surface area contributed by atoms with Crippen LogP contribution in [0.3, 0.4) is 0 Å². The van der Waals surface area contributed by atoms with Crippen LogP contribution >= 0.6 is 0 Å². The number of fused-ring (bicyclic) bond motifs is 3. The molecule has 3 aliphatic rings. The van der Waals surface area contributed by atoms with Crippen molar-refractivity contribution in [1.29, 1.82) is 0 Å². The molecule has 10 nitrogen and oxygen atoms in total. The highest BCUT2D eigenvalue weighted by Crippen LogP contribution is 2.68. The Morgan fingerprint density at radius 1 is 1.07 bits per heavy atom. The van der Waals surface area contributed by atoms with Gasteiger partial charge in [-0.15, -0.1) is 0 Å². The average Bonchev–Trinajstić information content (AvgIpc) is 3.48. The minimum absolute atomic E-state index is 0.0639. The Bertz CT molecular complexity index is 2150. The number of piperidine rings is 1. The van der Waals surface area contributed by atoms with E-state index in [0.29, 0.717) is 28.6 Å². The second-order valence-electron chi connectivity index (χ2n) is 11.4. The van der Waals surface area contributed by atoms with Crippen LogP contribution in [0.1, 0.15) is 59.6 Å². The Hall–Kier alpha value is -5.59. The fourth-order valence-electron chi connectivity index (χ4n) is 6.86. The van der Waals surface area contributed by atoms with Crippen molar-refractivity contribution >= 4 is 51.1 Å². The molecule has 3 aromatic heterocycles. The molecule has 0 bridgehead atoms. The fourth-order valence-corrected chi connectivity index (χ4v) is 6.86. The van der Waals surface area contributed by atoms with Crippen LogP contribution in [-0.2, 0) is 16.3 Å². The first-order valence-electron chi connectivity index (χ1n) is 13.9. The lowest BCUT2D eigenvalue weighted by molar-refractivity contribution is -0.141. The maximum absolute atomic E-state index is 13.9. The van der Waals surface area contributed by atoms with E-state index in [9.17, 15) is 32.3 Å². The van der Waals surface area contributed by atoms with Gasteiger partial charge in [0.1, 0.15) is 17.0 Å². The van der Waals surface area contributed by atoms with E-state index in [1.165, 1.54) is 11.0 Å². The summed E-state index contributed by atoms with van der Waals surface area (Å²) in [6.07, 6.45) is -3.38. The van der Waals surface area contributed by atoms with Crippen molar-refractivity contribution in [3.63, 3.8) is 0 Å². The maximum Gasteiger partial charge on any atom is 0.432 e. The number of nitrogens with one attached hydrogen (secondary N) is 3.